The Balaban J connectivity index is 1.53. The highest BCUT2D eigenvalue weighted by molar-refractivity contribution is 6.02. The minimum absolute atomic E-state index is 0.00159. The summed E-state index contributed by atoms with van der Waals surface area (Å²) in [5, 5.41) is 9.36. The predicted octanol–water partition coefficient (Wildman–Crippen LogP) is 2.97. The Bertz CT molecular complexity index is 1020. The molecule has 0 aromatic carbocycles. The van der Waals surface area contributed by atoms with Gasteiger partial charge in [0.25, 0.3) is 0 Å². The minimum Gasteiger partial charge on any atom is -0.489 e. The van der Waals surface area contributed by atoms with Crippen molar-refractivity contribution in [2.45, 2.75) is 38.2 Å². The molecule has 0 amide bonds. The molecule has 148 valence electrons. The Hall–Kier alpha value is -3.02. The number of hydrogen-bond donors (Lipinski definition) is 1. The van der Waals surface area contributed by atoms with Gasteiger partial charge >= 0.3 is 5.97 Å². The number of nitrogens with zero attached hydrogens (tertiary/aromatic N) is 1. The average Bonchev–Trinajstić information content (AvgIpc) is 2.98. The summed E-state index contributed by atoms with van der Waals surface area (Å²) in [6, 6.07) is 3.77. The van der Waals surface area contributed by atoms with E-state index in [1.165, 1.54) is 0 Å². The third-order valence-corrected chi connectivity index (χ3v) is 6.90. The van der Waals surface area contributed by atoms with Crippen LogP contribution in [0, 0.1) is 17.3 Å². The number of aliphatic carboxylic acids is 1. The third-order valence-electron chi connectivity index (χ3n) is 6.90. The van der Waals surface area contributed by atoms with Gasteiger partial charge in [0.2, 0.25) is 0 Å². The Morgan fingerprint density at radius 1 is 1.28 bits per heavy atom. The number of rotatable bonds is 2. The molecule has 0 spiro atoms. The molecule has 0 radical (unpaired) electrons. The molecular weight excluding hydrogens is 370 g/mol. The smallest absolute Gasteiger partial charge is 0.307 e. The van der Waals surface area contributed by atoms with Crippen molar-refractivity contribution in [2.75, 3.05) is 0 Å². The van der Waals surface area contributed by atoms with Crippen LogP contribution in [0.3, 0.4) is 0 Å². The van der Waals surface area contributed by atoms with E-state index in [4.69, 9.17) is 4.74 Å². The lowest BCUT2D eigenvalue weighted by atomic mass is 9.65. The highest BCUT2D eigenvalue weighted by Crippen LogP contribution is 2.58. The molecule has 6 nitrogen and oxygen atoms in total. The van der Waals surface area contributed by atoms with Gasteiger partial charge in [0, 0.05) is 43.0 Å². The SMILES string of the molecule is C[C@]12C=CC3=CC4=C(CC(C(=O)O)CC4=O)O[C@H]3[C@@H]1CC(=O)[C@@H]2c1cccnc1. The summed E-state index contributed by atoms with van der Waals surface area (Å²) in [6.45, 7) is 2.08. The molecule has 1 N–H and O–H groups in total. The van der Waals surface area contributed by atoms with Gasteiger partial charge in [0.15, 0.2) is 5.78 Å². The maximum absolute atomic E-state index is 13.0. The van der Waals surface area contributed by atoms with Crippen LogP contribution in [0.15, 0.2) is 59.7 Å². The minimum atomic E-state index is -0.982. The Labute approximate surface area is 168 Å². The number of ketones is 2. The van der Waals surface area contributed by atoms with Crippen LogP contribution >= 0.6 is 0 Å². The first kappa shape index (κ1) is 18.0. The Morgan fingerprint density at radius 2 is 2.10 bits per heavy atom. The van der Waals surface area contributed by atoms with Crippen LogP contribution in [-0.2, 0) is 19.1 Å². The quantitative estimate of drug-likeness (QED) is 0.833. The zero-order valence-corrected chi connectivity index (χ0v) is 16.0. The van der Waals surface area contributed by atoms with Crippen LogP contribution in [-0.4, -0.2) is 33.7 Å². The molecule has 1 unspecified atom stereocenters. The molecule has 1 fully saturated rings. The van der Waals surface area contributed by atoms with Gasteiger partial charge in [-0.1, -0.05) is 25.1 Å². The van der Waals surface area contributed by atoms with E-state index in [0.717, 1.165) is 11.1 Å². The first-order valence-electron chi connectivity index (χ1n) is 9.88. The summed E-state index contributed by atoms with van der Waals surface area (Å²) in [5.74, 6) is -1.69. The number of carboxylic acids is 1. The molecule has 0 saturated heterocycles. The number of Topliss-reactive ketones (excluding diaryl/α,β-unsaturated/α-hetero) is 2. The van der Waals surface area contributed by atoms with Gasteiger partial charge in [0.05, 0.1) is 17.4 Å². The van der Waals surface area contributed by atoms with Gasteiger partial charge in [-0.05, 0) is 23.3 Å². The zero-order valence-electron chi connectivity index (χ0n) is 16.0. The van der Waals surface area contributed by atoms with Crippen molar-refractivity contribution in [3.8, 4) is 0 Å². The van der Waals surface area contributed by atoms with E-state index in [-0.39, 0.29) is 42.3 Å². The van der Waals surface area contributed by atoms with Crippen molar-refractivity contribution < 1.29 is 24.2 Å². The van der Waals surface area contributed by atoms with Crippen LogP contribution in [0.25, 0.3) is 0 Å². The molecule has 1 aromatic rings. The fourth-order valence-electron chi connectivity index (χ4n) is 5.41. The number of hydrogen-bond acceptors (Lipinski definition) is 5. The van der Waals surface area contributed by atoms with Crippen molar-refractivity contribution >= 4 is 17.5 Å². The van der Waals surface area contributed by atoms with Gasteiger partial charge in [-0.2, -0.15) is 0 Å². The molecule has 6 heteroatoms. The Kier molecular flexibility index (Phi) is 3.88. The van der Waals surface area contributed by atoms with E-state index < -0.39 is 17.3 Å². The highest BCUT2D eigenvalue weighted by Gasteiger charge is 2.57. The zero-order chi connectivity index (χ0) is 20.3. The van der Waals surface area contributed by atoms with Crippen LogP contribution in [0.5, 0.6) is 0 Å². The summed E-state index contributed by atoms with van der Waals surface area (Å²) in [7, 11) is 0. The molecular formula is C23H21NO5. The molecule has 1 aliphatic heterocycles. The first-order valence-corrected chi connectivity index (χ1v) is 9.88. The normalized spacial score (nSPS) is 35.4. The predicted molar refractivity (Wildman–Crippen MR) is 103 cm³/mol. The summed E-state index contributed by atoms with van der Waals surface area (Å²) in [4.78, 5) is 41.1. The summed E-state index contributed by atoms with van der Waals surface area (Å²) < 4.78 is 6.26. The molecule has 29 heavy (non-hydrogen) atoms. The second-order valence-electron chi connectivity index (χ2n) is 8.58. The van der Waals surface area contributed by atoms with Crippen molar-refractivity contribution in [2.24, 2.45) is 17.3 Å². The van der Waals surface area contributed by atoms with Crippen LogP contribution in [0.4, 0.5) is 0 Å². The molecule has 0 bridgehead atoms. The molecule has 5 atom stereocenters. The maximum atomic E-state index is 13.0. The van der Waals surface area contributed by atoms with E-state index in [0.29, 0.717) is 17.8 Å². The van der Waals surface area contributed by atoms with Crippen LogP contribution < -0.4 is 0 Å². The molecule has 5 rings (SSSR count). The molecule has 1 aromatic heterocycles. The number of carbonyl (C=O) groups excluding carboxylic acids is 2. The van der Waals surface area contributed by atoms with E-state index in [1.54, 1.807) is 12.4 Å². The fraction of sp³-hybridized carbons (Fsp3) is 0.391. The highest BCUT2D eigenvalue weighted by atomic mass is 16.5. The number of carboxylic acid groups (broad SMARTS) is 1. The van der Waals surface area contributed by atoms with Gasteiger partial charge < -0.3 is 9.84 Å². The average molecular weight is 391 g/mol. The number of allylic oxidation sites excluding steroid dienone is 4. The van der Waals surface area contributed by atoms with Gasteiger partial charge in [-0.15, -0.1) is 0 Å². The van der Waals surface area contributed by atoms with Crippen LogP contribution in [0.2, 0.25) is 0 Å². The number of fused-ring (bicyclic) bond motifs is 3. The maximum Gasteiger partial charge on any atom is 0.307 e. The monoisotopic (exact) mass is 391 g/mol. The molecule has 1 saturated carbocycles. The van der Waals surface area contributed by atoms with Gasteiger partial charge in [-0.3, -0.25) is 19.4 Å². The largest absolute Gasteiger partial charge is 0.489 e. The van der Waals surface area contributed by atoms with E-state index in [1.807, 2.05) is 24.3 Å². The standard InChI is InChI=1S/C23H21NO5/c1-23-5-4-12-7-15-17(25)8-14(22(27)28)9-19(15)29-21(12)16(23)10-18(26)20(23)13-3-2-6-24-11-13/h2-7,11,14,16,20-21H,8-10H2,1H3,(H,27,28)/t14?,16-,20-,21+,23-/m0/s1. The second-order valence-corrected chi connectivity index (χ2v) is 8.58. The van der Waals surface area contributed by atoms with Crippen molar-refractivity contribution in [3.05, 3.63) is 65.2 Å². The van der Waals surface area contributed by atoms with Crippen LogP contribution in [0.1, 0.15) is 37.7 Å². The molecule has 3 aliphatic carbocycles. The lowest BCUT2D eigenvalue weighted by molar-refractivity contribution is -0.144. The van der Waals surface area contributed by atoms with Gasteiger partial charge in [-0.25, -0.2) is 0 Å². The Morgan fingerprint density at radius 3 is 2.83 bits per heavy atom. The van der Waals surface area contributed by atoms with E-state index in [9.17, 15) is 19.5 Å². The fourth-order valence-corrected chi connectivity index (χ4v) is 5.41. The van der Waals surface area contributed by atoms with E-state index >= 15 is 0 Å². The number of aromatic nitrogens is 1. The number of carbonyl (C=O) groups is 3. The van der Waals surface area contributed by atoms with Crippen molar-refractivity contribution in [1.82, 2.24) is 4.98 Å². The van der Waals surface area contributed by atoms with Crippen molar-refractivity contribution in [1.29, 1.82) is 0 Å². The van der Waals surface area contributed by atoms with Crippen molar-refractivity contribution in [3.63, 3.8) is 0 Å². The second kappa shape index (κ2) is 6.24. The molecule has 4 aliphatic rings. The third kappa shape index (κ3) is 2.62. The first-order chi connectivity index (χ1) is 13.9. The lowest BCUT2D eigenvalue weighted by Crippen LogP contribution is -2.41. The summed E-state index contributed by atoms with van der Waals surface area (Å²) >= 11 is 0. The van der Waals surface area contributed by atoms with E-state index in [2.05, 4.69) is 18.0 Å². The van der Waals surface area contributed by atoms with Gasteiger partial charge in [0.1, 0.15) is 17.6 Å². The molecule has 2 heterocycles. The number of ether oxygens (including phenoxy) is 1. The summed E-state index contributed by atoms with van der Waals surface area (Å²) in [5.41, 5.74) is 1.84. The number of pyridine rings is 1. The topological polar surface area (TPSA) is 93.6 Å². The lowest BCUT2D eigenvalue weighted by Gasteiger charge is -2.44. The summed E-state index contributed by atoms with van der Waals surface area (Å²) in [6.07, 6.45) is 9.54.